The van der Waals surface area contributed by atoms with Crippen molar-refractivity contribution in [3.05, 3.63) is 187 Å². The topological polar surface area (TPSA) is 9.86 Å². The van der Waals surface area contributed by atoms with Crippen LogP contribution in [0.2, 0.25) is 0 Å². The minimum Gasteiger partial charge on any atom is -0.333 e. The van der Waals surface area contributed by atoms with Gasteiger partial charge in [0.1, 0.15) is 0 Å². The van der Waals surface area contributed by atoms with Crippen LogP contribution in [0.5, 0.6) is 0 Å². The molecule has 0 N–H and O–H groups in total. The zero-order valence-electron chi connectivity index (χ0n) is 36.6. The maximum atomic E-state index is 2.76. The predicted octanol–water partition coefficient (Wildman–Crippen LogP) is 17.5. The van der Waals surface area contributed by atoms with E-state index in [9.17, 15) is 0 Å². The molecule has 2 nitrogen and oxygen atoms in total. The second-order valence-electron chi connectivity index (χ2n) is 19.3. The third-order valence-electron chi connectivity index (χ3n) is 15.6. The first-order valence-electron chi connectivity index (χ1n) is 24.2. The SMILES string of the molecule is C1=C(C2CCCCC2)C=C(C2CCCCC2)CC1n1c2ccccc2c2c3c4ccccc4n(-c4cc(-c5ccc6ccccc6c5)cc(-c5ccc6ccccc6c5)c4)c3ccc21. The van der Waals surface area contributed by atoms with E-state index < -0.39 is 0 Å². The predicted molar refractivity (Wildman–Crippen MR) is 273 cm³/mol. The van der Waals surface area contributed by atoms with Crippen molar-refractivity contribution in [1.29, 1.82) is 0 Å². The lowest BCUT2D eigenvalue weighted by atomic mass is 9.75. The first kappa shape index (κ1) is 37.9. The molecule has 2 heteroatoms. The summed E-state index contributed by atoms with van der Waals surface area (Å²) in [7, 11) is 0. The Morgan fingerprint density at radius 2 is 0.922 bits per heavy atom. The van der Waals surface area contributed by atoms with Gasteiger partial charge in [-0.2, -0.15) is 0 Å². The van der Waals surface area contributed by atoms with Gasteiger partial charge in [0.05, 0.1) is 22.6 Å². The Hall–Kier alpha value is -6.64. The molecule has 1 atom stereocenters. The molecule has 64 heavy (non-hydrogen) atoms. The molecule has 3 aliphatic carbocycles. The van der Waals surface area contributed by atoms with Gasteiger partial charge in [0, 0.05) is 32.7 Å². The molecule has 0 aliphatic heterocycles. The molecule has 13 rings (SSSR count). The lowest BCUT2D eigenvalue weighted by Crippen LogP contribution is -2.20. The van der Waals surface area contributed by atoms with E-state index in [2.05, 4.69) is 185 Å². The number of benzene rings is 8. The summed E-state index contributed by atoms with van der Waals surface area (Å²) < 4.78 is 5.31. The van der Waals surface area contributed by atoms with Gasteiger partial charge in [-0.3, -0.25) is 0 Å². The normalized spacial score (nSPS) is 17.8. The Morgan fingerprint density at radius 3 is 1.58 bits per heavy atom. The molecule has 10 aromatic rings. The summed E-state index contributed by atoms with van der Waals surface area (Å²) in [6.07, 6.45) is 20.2. The van der Waals surface area contributed by atoms with E-state index >= 15 is 0 Å². The zero-order valence-corrected chi connectivity index (χ0v) is 36.6. The van der Waals surface area contributed by atoms with Crippen LogP contribution in [-0.2, 0) is 0 Å². The maximum Gasteiger partial charge on any atom is 0.0565 e. The van der Waals surface area contributed by atoms with E-state index in [0.717, 1.165) is 12.3 Å². The van der Waals surface area contributed by atoms with Crippen molar-refractivity contribution in [2.45, 2.75) is 76.7 Å². The first-order valence-corrected chi connectivity index (χ1v) is 24.2. The summed E-state index contributed by atoms with van der Waals surface area (Å²) >= 11 is 0. The molecule has 2 heterocycles. The molecule has 8 aromatic carbocycles. The molecule has 1 unspecified atom stereocenters. The fraction of sp³-hybridized carbons (Fsp3) is 0.226. The molecule has 0 radical (unpaired) electrons. The summed E-state index contributed by atoms with van der Waals surface area (Å²) in [4.78, 5) is 0. The summed E-state index contributed by atoms with van der Waals surface area (Å²) in [6, 6.07) is 62.2. The number of hydrogen-bond acceptors (Lipinski definition) is 0. The fourth-order valence-electron chi connectivity index (χ4n) is 12.5. The van der Waals surface area contributed by atoms with Gasteiger partial charge in [-0.05, 0) is 148 Å². The molecule has 2 fully saturated rings. The van der Waals surface area contributed by atoms with Gasteiger partial charge in [0.25, 0.3) is 0 Å². The third-order valence-corrected chi connectivity index (χ3v) is 15.6. The van der Waals surface area contributed by atoms with Crippen molar-refractivity contribution in [2.24, 2.45) is 11.8 Å². The highest BCUT2D eigenvalue weighted by atomic mass is 15.0. The second-order valence-corrected chi connectivity index (χ2v) is 19.3. The smallest absolute Gasteiger partial charge is 0.0565 e. The van der Waals surface area contributed by atoms with E-state index in [4.69, 9.17) is 0 Å². The van der Waals surface area contributed by atoms with Crippen LogP contribution < -0.4 is 0 Å². The Balaban J connectivity index is 1.04. The number of nitrogens with zero attached hydrogens (tertiary/aromatic N) is 2. The average molecular weight is 827 g/mol. The highest BCUT2D eigenvalue weighted by molar-refractivity contribution is 6.28. The van der Waals surface area contributed by atoms with Crippen molar-refractivity contribution in [1.82, 2.24) is 9.13 Å². The molecule has 0 bridgehead atoms. The highest BCUT2D eigenvalue weighted by Gasteiger charge is 2.30. The van der Waals surface area contributed by atoms with Crippen LogP contribution in [0.25, 0.3) is 93.1 Å². The van der Waals surface area contributed by atoms with Crippen LogP contribution in [0.1, 0.15) is 76.7 Å². The standard InChI is InChI=1S/C62H54N2/c1-3-15-41(16-4-1)49-35-50(42-17-5-2-6-18-42)38-53(37-49)63-57-25-13-11-23-55(57)61-59(63)31-32-60-62(61)56-24-12-14-26-58(56)64(60)54-39-51(47-29-27-43-19-7-9-21-45(43)33-47)36-52(40-54)48-30-28-44-20-8-10-22-46(44)34-48/h7-14,19-37,39-42,53H,1-6,15-18,38H2. The molecular formula is C62H54N2. The third kappa shape index (κ3) is 6.36. The molecule has 2 aromatic heterocycles. The van der Waals surface area contributed by atoms with Crippen LogP contribution in [0.3, 0.4) is 0 Å². The van der Waals surface area contributed by atoms with Gasteiger partial charge in [0.15, 0.2) is 0 Å². The molecule has 0 saturated heterocycles. The number of aromatic nitrogens is 2. The number of hydrogen-bond donors (Lipinski definition) is 0. The summed E-state index contributed by atoms with van der Waals surface area (Å²) in [6.45, 7) is 0. The summed E-state index contributed by atoms with van der Waals surface area (Å²) in [5, 5.41) is 10.4. The highest BCUT2D eigenvalue weighted by Crippen LogP contribution is 2.47. The first-order chi connectivity index (χ1) is 31.7. The van der Waals surface area contributed by atoms with Crippen LogP contribution in [-0.4, -0.2) is 9.13 Å². The summed E-state index contributed by atoms with van der Waals surface area (Å²) in [5.41, 5.74) is 14.6. The van der Waals surface area contributed by atoms with Crippen LogP contribution in [0, 0.1) is 11.8 Å². The Kier molecular flexibility index (Phi) is 9.21. The Morgan fingerprint density at radius 1 is 0.391 bits per heavy atom. The van der Waals surface area contributed by atoms with E-state index in [1.165, 1.54) is 157 Å². The van der Waals surface area contributed by atoms with Crippen molar-refractivity contribution >= 4 is 65.2 Å². The van der Waals surface area contributed by atoms with E-state index in [0.29, 0.717) is 12.0 Å². The van der Waals surface area contributed by atoms with Gasteiger partial charge in [-0.15, -0.1) is 0 Å². The number of para-hydroxylation sites is 2. The maximum absolute atomic E-state index is 2.76. The van der Waals surface area contributed by atoms with Crippen molar-refractivity contribution in [3.63, 3.8) is 0 Å². The van der Waals surface area contributed by atoms with Crippen molar-refractivity contribution in [2.75, 3.05) is 0 Å². The molecule has 0 spiro atoms. The van der Waals surface area contributed by atoms with Gasteiger partial charge >= 0.3 is 0 Å². The van der Waals surface area contributed by atoms with E-state index in [1.807, 2.05) is 0 Å². The van der Waals surface area contributed by atoms with Gasteiger partial charge in [-0.25, -0.2) is 0 Å². The van der Waals surface area contributed by atoms with E-state index in [1.54, 1.807) is 11.1 Å². The Bertz CT molecular complexity index is 3410. The molecular weight excluding hydrogens is 773 g/mol. The number of allylic oxidation sites excluding steroid dienone is 4. The molecule has 2 saturated carbocycles. The van der Waals surface area contributed by atoms with Crippen LogP contribution in [0.4, 0.5) is 0 Å². The van der Waals surface area contributed by atoms with Gasteiger partial charge in [0.2, 0.25) is 0 Å². The van der Waals surface area contributed by atoms with Gasteiger partial charge < -0.3 is 9.13 Å². The lowest BCUT2D eigenvalue weighted by molar-refractivity contribution is 0.376. The van der Waals surface area contributed by atoms with Crippen molar-refractivity contribution in [3.8, 4) is 27.9 Å². The number of fused-ring (bicyclic) bond motifs is 9. The zero-order chi connectivity index (χ0) is 42.1. The average Bonchev–Trinajstić information content (AvgIpc) is 3.89. The monoisotopic (exact) mass is 826 g/mol. The molecule has 312 valence electrons. The second kappa shape index (κ2) is 15.6. The fourth-order valence-corrected chi connectivity index (χ4v) is 12.5. The quantitative estimate of drug-likeness (QED) is 0.158. The number of rotatable bonds is 6. The summed E-state index contributed by atoms with van der Waals surface area (Å²) in [5.74, 6) is 1.42. The Labute approximate surface area is 376 Å². The van der Waals surface area contributed by atoms with Crippen molar-refractivity contribution < 1.29 is 0 Å². The minimum absolute atomic E-state index is 0.301. The van der Waals surface area contributed by atoms with Gasteiger partial charge in [-0.1, -0.05) is 165 Å². The van der Waals surface area contributed by atoms with E-state index in [-0.39, 0.29) is 0 Å². The largest absolute Gasteiger partial charge is 0.333 e. The molecule has 0 amide bonds. The van der Waals surface area contributed by atoms with Crippen LogP contribution in [0.15, 0.2) is 187 Å². The molecule has 3 aliphatic rings. The minimum atomic E-state index is 0.301. The lowest BCUT2D eigenvalue weighted by Gasteiger charge is -2.34. The van der Waals surface area contributed by atoms with Crippen LogP contribution >= 0.6 is 0 Å².